The van der Waals surface area contributed by atoms with E-state index in [0.717, 1.165) is 4.90 Å². The summed E-state index contributed by atoms with van der Waals surface area (Å²) in [6, 6.07) is -7.29. The second kappa shape index (κ2) is 28.2. The zero-order valence-corrected chi connectivity index (χ0v) is 37.8. The molecular weight excluding hydrogens is 923 g/mol. The van der Waals surface area contributed by atoms with Crippen molar-refractivity contribution in [2.24, 2.45) is 22.9 Å². The molecule has 376 valence electrons. The van der Waals surface area contributed by atoms with Gasteiger partial charge in [-0.25, -0.2) is 4.79 Å². The average molecular weight is 982 g/mol. The third-order valence-electron chi connectivity index (χ3n) is 10.3. The summed E-state index contributed by atoms with van der Waals surface area (Å²) in [7, 11) is 0. The largest absolute Gasteiger partial charge is 0.508 e. The number of carboxylic acid groups (broad SMARTS) is 2. The van der Waals surface area contributed by atoms with Gasteiger partial charge in [0.15, 0.2) is 0 Å². The van der Waals surface area contributed by atoms with Crippen LogP contribution in [-0.2, 0) is 64.0 Å². The first-order valence-electron chi connectivity index (χ1n) is 21.0. The minimum absolute atomic E-state index is 0.0220. The number of aliphatic hydroxyl groups is 1. The molecule has 1 heterocycles. The Morgan fingerprint density at radius 2 is 1.18 bits per heavy atom. The Balaban J connectivity index is 2.36. The summed E-state index contributed by atoms with van der Waals surface area (Å²) >= 11 is 1.26. The SMILES string of the molecule is CSCC[C@H](NC(=O)[C@H](CCC(N)=O)NC(=O)[C@@H](N)CCC(N)=O)C(=O)N[C@@H](CO)C(=O)N[C@@H](CC(N)=O)C(=O)N[C@@H](Cc1ccc(O)cc1)C(=O)N1CCC[C@H]1C(=O)N[C@@H](CC(=O)O)C(=O)O. The fraction of sp³-hybridized carbons (Fsp3) is 0.550. The van der Waals surface area contributed by atoms with Crippen LogP contribution in [0.25, 0.3) is 0 Å². The van der Waals surface area contributed by atoms with Gasteiger partial charge < -0.3 is 80.2 Å². The van der Waals surface area contributed by atoms with Gasteiger partial charge in [0.05, 0.1) is 25.5 Å². The zero-order valence-electron chi connectivity index (χ0n) is 37.0. The van der Waals surface area contributed by atoms with Crippen LogP contribution in [0.2, 0.25) is 0 Å². The first-order valence-corrected chi connectivity index (χ1v) is 22.4. The van der Waals surface area contributed by atoms with Crippen LogP contribution >= 0.6 is 11.8 Å². The quantitative estimate of drug-likeness (QED) is 0.0341. The molecule has 1 fully saturated rings. The number of carbonyl (C=O) groups excluding carboxylic acids is 10. The minimum Gasteiger partial charge on any atom is -0.508 e. The lowest BCUT2D eigenvalue weighted by molar-refractivity contribution is -0.148. The number of nitrogens with zero attached hydrogens (tertiary/aromatic N) is 1. The van der Waals surface area contributed by atoms with Gasteiger partial charge in [0.2, 0.25) is 59.1 Å². The van der Waals surface area contributed by atoms with Gasteiger partial charge in [-0.15, -0.1) is 0 Å². The van der Waals surface area contributed by atoms with E-state index in [1.165, 1.54) is 36.0 Å². The van der Waals surface area contributed by atoms with Crippen LogP contribution in [0.15, 0.2) is 24.3 Å². The standard InChI is InChI=1S/C40H59N11O16S/c1-68-14-12-23(46-34(60)22(9-11-30(43)55)45-33(59)21(41)8-10-29(42)54)35(61)50-27(18-52)37(63)47-24(16-31(44)56)36(62)48-25(15-19-4-6-20(53)7-5-19)39(65)51-13-2-3-28(51)38(64)49-26(40(66)67)17-32(57)58/h4-7,21-28,52-53H,2-3,8-18,41H2,1H3,(H2,42,54)(H2,43,55)(H2,44,56)(H,45,59)(H,46,60)(H,47,63)(H,48,62)(H,49,64)(H,50,61)(H,57,58)(H,66,67)/t21-,22-,23-,24-,25-,26-,27-,28-/m0/s1. The van der Waals surface area contributed by atoms with E-state index in [2.05, 4.69) is 31.9 Å². The molecule has 0 spiro atoms. The zero-order chi connectivity index (χ0) is 51.2. The third-order valence-corrected chi connectivity index (χ3v) is 10.9. The molecule has 27 nitrogen and oxygen atoms in total. The summed E-state index contributed by atoms with van der Waals surface area (Å²) in [4.78, 5) is 154. The van der Waals surface area contributed by atoms with Gasteiger partial charge in [-0.05, 0) is 61.8 Å². The molecule has 18 N–H and O–H groups in total. The third kappa shape index (κ3) is 19.4. The highest BCUT2D eigenvalue weighted by molar-refractivity contribution is 7.98. The van der Waals surface area contributed by atoms with Crippen LogP contribution in [0.4, 0.5) is 0 Å². The summed E-state index contributed by atoms with van der Waals surface area (Å²) in [6.45, 7) is -1.18. The van der Waals surface area contributed by atoms with Crippen molar-refractivity contribution in [3.63, 3.8) is 0 Å². The molecule has 1 aromatic rings. The highest BCUT2D eigenvalue weighted by Gasteiger charge is 2.40. The fourth-order valence-electron chi connectivity index (χ4n) is 6.68. The van der Waals surface area contributed by atoms with Gasteiger partial charge in [0, 0.05) is 25.8 Å². The maximum Gasteiger partial charge on any atom is 0.326 e. The Morgan fingerprint density at radius 1 is 0.662 bits per heavy atom. The number of hydrogen-bond donors (Lipinski definition) is 14. The molecule has 8 atom stereocenters. The number of phenolic OH excluding ortho intramolecular Hbond substituents is 1. The predicted molar refractivity (Wildman–Crippen MR) is 237 cm³/mol. The number of likely N-dealkylation sites (tertiary alicyclic amines) is 1. The number of rotatable bonds is 30. The molecule has 0 saturated carbocycles. The number of thioether (sulfide) groups is 1. The van der Waals surface area contributed by atoms with Crippen molar-refractivity contribution in [3.05, 3.63) is 29.8 Å². The molecule has 0 unspecified atom stereocenters. The minimum atomic E-state index is -1.87. The first kappa shape index (κ1) is 57.1. The molecule has 1 aliphatic rings. The number of carbonyl (C=O) groups is 12. The van der Waals surface area contributed by atoms with Crippen molar-refractivity contribution >= 4 is 82.8 Å². The van der Waals surface area contributed by atoms with Crippen LogP contribution in [0, 0.1) is 0 Å². The highest BCUT2D eigenvalue weighted by Crippen LogP contribution is 2.21. The molecular formula is C40H59N11O16S. The second-order valence-electron chi connectivity index (χ2n) is 15.6. The number of aliphatic hydroxyl groups excluding tert-OH is 1. The van der Waals surface area contributed by atoms with Crippen molar-refractivity contribution in [1.82, 2.24) is 36.8 Å². The number of primary amides is 3. The van der Waals surface area contributed by atoms with Crippen LogP contribution < -0.4 is 54.8 Å². The summed E-state index contributed by atoms with van der Waals surface area (Å²) < 4.78 is 0. The van der Waals surface area contributed by atoms with Crippen LogP contribution in [0.3, 0.4) is 0 Å². The summed E-state index contributed by atoms with van der Waals surface area (Å²) in [6.07, 6.45) is -1.48. The maximum absolute atomic E-state index is 14.2. The van der Waals surface area contributed by atoms with Gasteiger partial charge >= 0.3 is 11.9 Å². The van der Waals surface area contributed by atoms with E-state index in [0.29, 0.717) is 5.56 Å². The maximum atomic E-state index is 14.2. The van der Waals surface area contributed by atoms with Crippen LogP contribution in [0.5, 0.6) is 5.75 Å². The molecule has 1 aliphatic heterocycles. The Morgan fingerprint density at radius 3 is 1.72 bits per heavy atom. The number of hydrogen-bond acceptors (Lipinski definition) is 16. The molecule has 10 amide bonds. The van der Waals surface area contributed by atoms with E-state index in [-0.39, 0.29) is 63.0 Å². The van der Waals surface area contributed by atoms with Crippen molar-refractivity contribution in [2.45, 2.75) is 113 Å². The number of carboxylic acids is 2. The van der Waals surface area contributed by atoms with E-state index >= 15 is 0 Å². The van der Waals surface area contributed by atoms with Gasteiger partial charge in [0.25, 0.3) is 0 Å². The Bertz CT molecular complexity index is 2030. The molecule has 68 heavy (non-hydrogen) atoms. The van der Waals surface area contributed by atoms with Gasteiger partial charge in [-0.2, -0.15) is 11.8 Å². The molecule has 1 aromatic carbocycles. The number of phenols is 1. The topological polar surface area (TPSA) is 465 Å². The van der Waals surface area contributed by atoms with Gasteiger partial charge in [0.1, 0.15) is 48.0 Å². The number of nitrogens with one attached hydrogen (secondary N) is 6. The van der Waals surface area contributed by atoms with Crippen LogP contribution in [-0.4, -0.2) is 170 Å². The first-order chi connectivity index (χ1) is 32.0. The molecule has 28 heteroatoms. The van der Waals surface area contributed by atoms with Crippen molar-refractivity contribution in [3.8, 4) is 5.75 Å². The molecule has 0 bridgehead atoms. The Hall–Kier alpha value is -7.07. The summed E-state index contributed by atoms with van der Waals surface area (Å²) in [5, 5.41) is 52.4. The number of aliphatic carboxylic acids is 2. The van der Waals surface area contributed by atoms with E-state index in [1.807, 2.05) is 0 Å². The second-order valence-corrected chi connectivity index (χ2v) is 16.6. The summed E-state index contributed by atoms with van der Waals surface area (Å²) in [5.74, 6) is -13.0. The lowest BCUT2D eigenvalue weighted by Crippen LogP contribution is -2.61. The van der Waals surface area contributed by atoms with Crippen molar-refractivity contribution in [1.29, 1.82) is 0 Å². The molecule has 0 aliphatic carbocycles. The molecule has 1 saturated heterocycles. The predicted octanol–water partition coefficient (Wildman–Crippen LogP) is -6.13. The van der Waals surface area contributed by atoms with E-state index in [4.69, 9.17) is 28.0 Å². The van der Waals surface area contributed by atoms with Crippen molar-refractivity contribution in [2.75, 3.05) is 25.2 Å². The number of benzene rings is 1. The monoisotopic (exact) mass is 981 g/mol. The van der Waals surface area contributed by atoms with Crippen LogP contribution in [0.1, 0.15) is 63.4 Å². The van der Waals surface area contributed by atoms with Gasteiger partial charge in [-0.3, -0.25) is 52.7 Å². The molecule has 0 aromatic heterocycles. The number of aromatic hydroxyl groups is 1. The number of amides is 10. The van der Waals surface area contributed by atoms with E-state index in [1.54, 1.807) is 6.26 Å². The fourth-order valence-corrected chi connectivity index (χ4v) is 7.15. The lowest BCUT2D eigenvalue weighted by Gasteiger charge is -2.30. The smallest absolute Gasteiger partial charge is 0.326 e. The lowest BCUT2D eigenvalue weighted by atomic mass is 10.0. The number of nitrogens with two attached hydrogens (primary N) is 4. The molecule has 0 radical (unpaired) electrons. The highest BCUT2D eigenvalue weighted by atomic mass is 32.2. The average Bonchev–Trinajstić information content (AvgIpc) is 3.77. The van der Waals surface area contributed by atoms with E-state index < -0.39 is 145 Å². The molecule has 2 rings (SSSR count). The van der Waals surface area contributed by atoms with Crippen molar-refractivity contribution < 1.29 is 78.0 Å². The van der Waals surface area contributed by atoms with Gasteiger partial charge in [-0.1, -0.05) is 12.1 Å². The normalized spacial score (nSPS) is 16.2. The summed E-state index contributed by atoms with van der Waals surface area (Å²) in [5.41, 5.74) is 21.9. The Kier molecular flexibility index (Phi) is 23.7. The van der Waals surface area contributed by atoms with E-state index in [9.17, 15) is 72.9 Å². The Labute approximate surface area is 392 Å².